The first-order chi connectivity index (χ1) is 8.08. The highest BCUT2D eigenvalue weighted by Crippen LogP contribution is 2.34. The number of rotatable bonds is 4. The minimum Gasteiger partial charge on any atom is -0.481 e. The summed E-state index contributed by atoms with van der Waals surface area (Å²) in [6.45, 7) is 1.80. The number of halogens is 1. The molecule has 0 unspecified atom stereocenters. The van der Waals surface area contributed by atoms with Crippen LogP contribution in [0.3, 0.4) is 0 Å². The highest BCUT2D eigenvalue weighted by atomic mass is 35.5. The molecule has 2 heterocycles. The standard InChI is InChI=1S/C11H10ClNO3S/c1-6-7(2-5-10(14)15)11(16-13-6)8-3-4-9(12)17-8/h3-4H,2,5H2,1H3,(H,14,15). The Morgan fingerprint density at radius 1 is 1.59 bits per heavy atom. The number of aliphatic carboxylic acids is 1. The predicted octanol–water partition coefficient (Wildman–Crippen LogP) is 3.38. The topological polar surface area (TPSA) is 63.3 Å². The molecule has 2 aromatic heterocycles. The number of aromatic nitrogens is 1. The van der Waals surface area contributed by atoms with Crippen molar-refractivity contribution < 1.29 is 14.4 Å². The van der Waals surface area contributed by atoms with Gasteiger partial charge < -0.3 is 9.63 Å². The first-order valence-corrected chi connectivity index (χ1v) is 6.20. The zero-order chi connectivity index (χ0) is 12.4. The summed E-state index contributed by atoms with van der Waals surface area (Å²) in [4.78, 5) is 11.5. The molecule has 90 valence electrons. The lowest BCUT2D eigenvalue weighted by Gasteiger charge is -1.98. The Kier molecular flexibility index (Phi) is 3.49. The van der Waals surface area contributed by atoms with Gasteiger partial charge in [-0.25, -0.2) is 0 Å². The number of carboxylic acid groups (broad SMARTS) is 1. The van der Waals surface area contributed by atoms with Crippen molar-refractivity contribution in [3.05, 3.63) is 27.7 Å². The third-order valence-corrected chi connectivity index (χ3v) is 3.60. The second-order valence-corrected chi connectivity index (χ2v) is 5.29. The molecule has 0 fully saturated rings. The molecule has 2 rings (SSSR count). The molecular weight excluding hydrogens is 262 g/mol. The molecule has 0 amide bonds. The largest absolute Gasteiger partial charge is 0.481 e. The number of hydrogen-bond acceptors (Lipinski definition) is 4. The first-order valence-electron chi connectivity index (χ1n) is 5.00. The van der Waals surface area contributed by atoms with Crippen LogP contribution in [0.2, 0.25) is 4.34 Å². The minimum absolute atomic E-state index is 0.0637. The van der Waals surface area contributed by atoms with Crippen molar-refractivity contribution in [1.82, 2.24) is 5.16 Å². The van der Waals surface area contributed by atoms with Gasteiger partial charge in [0, 0.05) is 12.0 Å². The molecule has 0 aliphatic heterocycles. The van der Waals surface area contributed by atoms with Gasteiger partial charge in [0.25, 0.3) is 0 Å². The zero-order valence-electron chi connectivity index (χ0n) is 9.07. The van der Waals surface area contributed by atoms with Crippen LogP contribution in [-0.2, 0) is 11.2 Å². The summed E-state index contributed by atoms with van der Waals surface area (Å²) in [6, 6.07) is 3.62. The van der Waals surface area contributed by atoms with E-state index in [0.29, 0.717) is 16.5 Å². The van der Waals surface area contributed by atoms with Gasteiger partial charge in [0.1, 0.15) is 0 Å². The summed E-state index contributed by atoms with van der Waals surface area (Å²) >= 11 is 7.25. The van der Waals surface area contributed by atoms with Crippen LogP contribution >= 0.6 is 22.9 Å². The van der Waals surface area contributed by atoms with Crippen LogP contribution in [0.1, 0.15) is 17.7 Å². The van der Waals surface area contributed by atoms with E-state index in [1.54, 1.807) is 13.0 Å². The molecule has 17 heavy (non-hydrogen) atoms. The molecule has 6 heteroatoms. The summed E-state index contributed by atoms with van der Waals surface area (Å²) in [6.07, 6.45) is 0.476. The van der Waals surface area contributed by atoms with Crippen molar-refractivity contribution >= 4 is 28.9 Å². The van der Waals surface area contributed by atoms with E-state index >= 15 is 0 Å². The third-order valence-electron chi connectivity index (χ3n) is 2.37. The number of thiophene rings is 1. The molecule has 0 spiro atoms. The highest BCUT2D eigenvalue weighted by Gasteiger charge is 2.17. The lowest BCUT2D eigenvalue weighted by molar-refractivity contribution is -0.136. The number of carboxylic acids is 1. The Morgan fingerprint density at radius 3 is 2.94 bits per heavy atom. The monoisotopic (exact) mass is 271 g/mol. The lowest BCUT2D eigenvalue weighted by atomic mass is 10.1. The van der Waals surface area contributed by atoms with Crippen molar-refractivity contribution in [2.24, 2.45) is 0 Å². The van der Waals surface area contributed by atoms with Gasteiger partial charge in [0.05, 0.1) is 14.9 Å². The minimum atomic E-state index is -0.833. The molecule has 0 bridgehead atoms. The van der Waals surface area contributed by atoms with Gasteiger partial charge in [0.2, 0.25) is 0 Å². The Balaban J connectivity index is 2.31. The second-order valence-electron chi connectivity index (χ2n) is 3.57. The quantitative estimate of drug-likeness (QED) is 0.926. The fraction of sp³-hybridized carbons (Fsp3) is 0.273. The van der Waals surface area contributed by atoms with Crippen molar-refractivity contribution in [2.45, 2.75) is 19.8 Å². The van der Waals surface area contributed by atoms with Crippen LogP contribution in [0.4, 0.5) is 0 Å². The van der Waals surface area contributed by atoms with Crippen LogP contribution < -0.4 is 0 Å². The van der Waals surface area contributed by atoms with Crippen molar-refractivity contribution in [3.8, 4) is 10.6 Å². The van der Waals surface area contributed by atoms with Crippen LogP contribution in [0.5, 0.6) is 0 Å². The van der Waals surface area contributed by atoms with Crippen LogP contribution in [0, 0.1) is 6.92 Å². The van der Waals surface area contributed by atoms with E-state index in [0.717, 1.165) is 16.1 Å². The molecule has 0 aliphatic carbocycles. The van der Waals surface area contributed by atoms with Gasteiger partial charge in [-0.05, 0) is 25.5 Å². The van der Waals surface area contributed by atoms with Gasteiger partial charge in [-0.15, -0.1) is 11.3 Å². The Morgan fingerprint density at radius 2 is 2.35 bits per heavy atom. The SMILES string of the molecule is Cc1noc(-c2ccc(Cl)s2)c1CCC(=O)O. The molecule has 0 atom stereocenters. The first kappa shape index (κ1) is 12.1. The summed E-state index contributed by atoms with van der Waals surface area (Å²) in [7, 11) is 0. The van der Waals surface area contributed by atoms with E-state index in [2.05, 4.69) is 5.16 Å². The third kappa shape index (κ3) is 2.68. The molecular formula is C11H10ClNO3S. The van der Waals surface area contributed by atoms with E-state index < -0.39 is 5.97 Å². The van der Waals surface area contributed by atoms with Crippen molar-refractivity contribution in [1.29, 1.82) is 0 Å². The van der Waals surface area contributed by atoms with Crippen LogP contribution in [0.25, 0.3) is 10.6 Å². The van der Waals surface area contributed by atoms with Crippen molar-refractivity contribution in [2.75, 3.05) is 0 Å². The van der Waals surface area contributed by atoms with Gasteiger partial charge >= 0.3 is 5.97 Å². The van der Waals surface area contributed by atoms with Gasteiger partial charge in [0.15, 0.2) is 5.76 Å². The van der Waals surface area contributed by atoms with Crippen molar-refractivity contribution in [3.63, 3.8) is 0 Å². The average Bonchev–Trinajstić information content (AvgIpc) is 2.82. The summed E-state index contributed by atoms with van der Waals surface area (Å²) in [5.41, 5.74) is 1.57. The smallest absolute Gasteiger partial charge is 0.303 e. The number of aryl methyl sites for hydroxylation is 1. The predicted molar refractivity (Wildman–Crippen MR) is 65.5 cm³/mol. The summed E-state index contributed by atoms with van der Waals surface area (Å²) in [5, 5.41) is 12.6. The second kappa shape index (κ2) is 4.89. The average molecular weight is 272 g/mol. The maximum Gasteiger partial charge on any atom is 0.303 e. The fourth-order valence-electron chi connectivity index (χ4n) is 1.54. The molecule has 1 N–H and O–H groups in total. The summed E-state index contributed by atoms with van der Waals surface area (Å²) < 4.78 is 5.90. The number of hydrogen-bond donors (Lipinski definition) is 1. The normalized spacial score (nSPS) is 10.7. The van der Waals surface area contributed by atoms with E-state index in [1.807, 2.05) is 6.07 Å². The number of carbonyl (C=O) groups is 1. The maximum atomic E-state index is 10.6. The molecule has 2 aromatic rings. The highest BCUT2D eigenvalue weighted by molar-refractivity contribution is 7.19. The van der Waals surface area contributed by atoms with Gasteiger partial charge in [-0.3, -0.25) is 4.79 Å². The van der Waals surface area contributed by atoms with E-state index in [1.165, 1.54) is 11.3 Å². The molecule has 4 nitrogen and oxygen atoms in total. The Bertz CT molecular complexity index is 547. The fourth-order valence-corrected chi connectivity index (χ4v) is 2.59. The Labute approximate surface area is 107 Å². The summed E-state index contributed by atoms with van der Waals surface area (Å²) in [5.74, 6) is -0.207. The van der Waals surface area contributed by atoms with Gasteiger partial charge in [-0.2, -0.15) is 0 Å². The van der Waals surface area contributed by atoms with E-state index in [-0.39, 0.29) is 6.42 Å². The molecule has 0 aromatic carbocycles. The molecule has 0 saturated heterocycles. The van der Waals surface area contributed by atoms with Crippen LogP contribution in [0.15, 0.2) is 16.7 Å². The lowest BCUT2D eigenvalue weighted by Crippen LogP contribution is -1.98. The van der Waals surface area contributed by atoms with Crippen LogP contribution in [-0.4, -0.2) is 16.2 Å². The Hall–Kier alpha value is -1.33. The molecule has 0 saturated carbocycles. The molecule has 0 radical (unpaired) electrons. The van der Waals surface area contributed by atoms with E-state index in [9.17, 15) is 4.79 Å². The maximum absolute atomic E-state index is 10.6. The zero-order valence-corrected chi connectivity index (χ0v) is 10.6. The van der Waals surface area contributed by atoms with E-state index in [4.69, 9.17) is 21.2 Å². The van der Waals surface area contributed by atoms with Gasteiger partial charge in [-0.1, -0.05) is 16.8 Å². The molecule has 0 aliphatic rings. The number of nitrogens with zero attached hydrogens (tertiary/aromatic N) is 1.